The first-order valence-electron chi connectivity index (χ1n) is 8.09. The molecule has 4 aromatic rings. The summed E-state index contributed by atoms with van der Waals surface area (Å²) in [6, 6.07) is 13.9. The molecule has 1 amide bonds. The largest absolute Gasteiger partial charge is 0.493 e. The molecule has 6 nitrogen and oxygen atoms in total. The minimum absolute atomic E-state index is 0.313. The molecule has 0 aliphatic heterocycles. The van der Waals surface area contributed by atoms with Crippen LogP contribution < -0.4 is 20.4 Å². The lowest BCUT2D eigenvalue weighted by molar-refractivity contribution is 0.103. The second-order valence-electron chi connectivity index (χ2n) is 5.76. The molecule has 0 bridgehead atoms. The van der Waals surface area contributed by atoms with Crippen LogP contribution in [0, 0.1) is 0 Å². The zero-order chi connectivity index (χ0) is 19.0. The zero-order valence-electron chi connectivity index (χ0n) is 14.6. The SMILES string of the molecule is COc1ccc(NC(=O)c2cc3c(=O)oc4ccccc4c3s2)cc1OC. The maximum absolute atomic E-state index is 12.7. The summed E-state index contributed by atoms with van der Waals surface area (Å²) in [7, 11) is 3.07. The predicted octanol–water partition coefficient (Wildman–Crippen LogP) is 4.28. The summed E-state index contributed by atoms with van der Waals surface area (Å²) >= 11 is 1.26. The molecule has 1 N–H and O–H groups in total. The van der Waals surface area contributed by atoms with Crippen LogP contribution in [0.25, 0.3) is 21.1 Å². The van der Waals surface area contributed by atoms with E-state index < -0.39 is 5.63 Å². The number of benzene rings is 2. The summed E-state index contributed by atoms with van der Waals surface area (Å²) in [5.74, 6) is 0.770. The predicted molar refractivity (Wildman–Crippen MR) is 105 cm³/mol. The van der Waals surface area contributed by atoms with Gasteiger partial charge < -0.3 is 19.2 Å². The first-order valence-corrected chi connectivity index (χ1v) is 8.91. The summed E-state index contributed by atoms with van der Waals surface area (Å²) in [6.45, 7) is 0. The summed E-state index contributed by atoms with van der Waals surface area (Å²) in [5, 5.41) is 4.02. The molecular formula is C20H15NO5S. The van der Waals surface area contributed by atoms with E-state index in [-0.39, 0.29) is 5.91 Å². The van der Waals surface area contributed by atoms with Gasteiger partial charge in [-0.3, -0.25) is 4.79 Å². The quantitative estimate of drug-likeness (QED) is 0.534. The molecule has 27 heavy (non-hydrogen) atoms. The van der Waals surface area contributed by atoms with Crippen molar-refractivity contribution in [3.63, 3.8) is 0 Å². The average molecular weight is 381 g/mol. The third kappa shape index (κ3) is 3.02. The Kier molecular flexibility index (Phi) is 4.29. The zero-order valence-corrected chi connectivity index (χ0v) is 15.4. The molecule has 2 heterocycles. The molecule has 0 atom stereocenters. The van der Waals surface area contributed by atoms with Crippen LogP contribution in [-0.4, -0.2) is 20.1 Å². The van der Waals surface area contributed by atoms with Gasteiger partial charge in [-0.1, -0.05) is 12.1 Å². The highest BCUT2D eigenvalue weighted by atomic mass is 32.1. The van der Waals surface area contributed by atoms with Crippen LogP contribution in [0.5, 0.6) is 11.5 Å². The molecule has 0 fully saturated rings. The summed E-state index contributed by atoms with van der Waals surface area (Å²) < 4.78 is 16.5. The molecule has 0 saturated carbocycles. The molecule has 0 unspecified atom stereocenters. The fourth-order valence-electron chi connectivity index (χ4n) is 2.86. The molecule has 0 radical (unpaired) electrons. The Morgan fingerprint density at radius 3 is 2.56 bits per heavy atom. The lowest BCUT2D eigenvalue weighted by Gasteiger charge is -2.10. The van der Waals surface area contributed by atoms with Gasteiger partial charge in [0.1, 0.15) is 5.58 Å². The maximum atomic E-state index is 12.7. The second-order valence-corrected chi connectivity index (χ2v) is 6.82. The van der Waals surface area contributed by atoms with Crippen molar-refractivity contribution in [3.05, 3.63) is 63.8 Å². The number of amides is 1. The first-order chi connectivity index (χ1) is 13.1. The number of thiophene rings is 1. The first kappa shape index (κ1) is 17.1. The van der Waals surface area contributed by atoms with Crippen LogP contribution in [0.15, 0.2) is 57.7 Å². The number of rotatable bonds is 4. The Morgan fingerprint density at radius 1 is 1.00 bits per heavy atom. The van der Waals surface area contributed by atoms with Gasteiger partial charge in [0.25, 0.3) is 5.91 Å². The van der Waals surface area contributed by atoms with E-state index in [1.807, 2.05) is 12.1 Å². The van der Waals surface area contributed by atoms with Crippen molar-refractivity contribution in [1.82, 2.24) is 0 Å². The molecule has 2 aromatic heterocycles. The second kappa shape index (κ2) is 6.77. The highest BCUT2D eigenvalue weighted by Gasteiger charge is 2.16. The van der Waals surface area contributed by atoms with Gasteiger partial charge in [0, 0.05) is 17.1 Å². The molecule has 2 aromatic carbocycles. The van der Waals surface area contributed by atoms with E-state index in [0.717, 1.165) is 10.1 Å². The highest BCUT2D eigenvalue weighted by Crippen LogP contribution is 2.32. The van der Waals surface area contributed by atoms with E-state index in [1.165, 1.54) is 18.4 Å². The standard InChI is InChI=1S/C20H15NO5S/c1-24-15-8-7-11(9-16(15)25-2)21-19(22)17-10-13-18(27-17)12-5-3-4-6-14(12)26-20(13)23/h3-10H,1-2H3,(H,21,22). The third-order valence-corrected chi connectivity index (χ3v) is 5.32. The van der Waals surface area contributed by atoms with Crippen molar-refractivity contribution in [3.8, 4) is 11.5 Å². The van der Waals surface area contributed by atoms with Crippen molar-refractivity contribution in [2.45, 2.75) is 0 Å². The van der Waals surface area contributed by atoms with Crippen LogP contribution in [0.2, 0.25) is 0 Å². The lowest BCUT2D eigenvalue weighted by atomic mass is 10.2. The number of methoxy groups -OCH3 is 2. The van der Waals surface area contributed by atoms with E-state index in [1.54, 1.807) is 43.5 Å². The summed E-state index contributed by atoms with van der Waals surface area (Å²) in [6.07, 6.45) is 0. The van der Waals surface area contributed by atoms with Crippen LogP contribution in [0.4, 0.5) is 5.69 Å². The Balaban J connectivity index is 1.72. The van der Waals surface area contributed by atoms with Gasteiger partial charge in [0.2, 0.25) is 0 Å². The Bertz CT molecular complexity index is 1220. The van der Waals surface area contributed by atoms with Crippen molar-refractivity contribution < 1.29 is 18.7 Å². The van der Waals surface area contributed by atoms with Crippen molar-refractivity contribution >= 4 is 44.0 Å². The Hall–Kier alpha value is -3.32. The average Bonchev–Trinajstić information content (AvgIpc) is 3.14. The van der Waals surface area contributed by atoms with Crippen molar-refractivity contribution in [1.29, 1.82) is 0 Å². The number of ether oxygens (including phenoxy) is 2. The van der Waals surface area contributed by atoms with Gasteiger partial charge in [-0.25, -0.2) is 4.79 Å². The summed E-state index contributed by atoms with van der Waals surface area (Å²) in [5.41, 5.74) is 0.612. The monoisotopic (exact) mass is 381 g/mol. The molecule has 7 heteroatoms. The highest BCUT2D eigenvalue weighted by molar-refractivity contribution is 7.21. The Morgan fingerprint density at radius 2 is 1.78 bits per heavy atom. The van der Waals surface area contributed by atoms with Crippen LogP contribution in [0.1, 0.15) is 9.67 Å². The fraction of sp³-hybridized carbons (Fsp3) is 0.100. The molecular weight excluding hydrogens is 366 g/mol. The number of hydrogen-bond donors (Lipinski definition) is 1. The van der Waals surface area contributed by atoms with Gasteiger partial charge >= 0.3 is 5.63 Å². The van der Waals surface area contributed by atoms with Gasteiger partial charge in [-0.2, -0.15) is 0 Å². The van der Waals surface area contributed by atoms with E-state index in [9.17, 15) is 9.59 Å². The fourth-order valence-corrected chi connectivity index (χ4v) is 3.93. The summed E-state index contributed by atoms with van der Waals surface area (Å²) in [4.78, 5) is 25.3. The van der Waals surface area contributed by atoms with Crippen LogP contribution in [-0.2, 0) is 0 Å². The van der Waals surface area contributed by atoms with Gasteiger partial charge in [0.15, 0.2) is 11.5 Å². The third-order valence-electron chi connectivity index (χ3n) is 4.15. The molecule has 4 rings (SSSR count). The normalized spacial score (nSPS) is 10.9. The number of carbonyl (C=O) groups is 1. The van der Waals surface area contributed by atoms with Crippen molar-refractivity contribution in [2.75, 3.05) is 19.5 Å². The molecule has 0 spiro atoms. The van der Waals surface area contributed by atoms with Gasteiger partial charge in [-0.05, 0) is 30.3 Å². The molecule has 0 aliphatic rings. The topological polar surface area (TPSA) is 77.8 Å². The van der Waals surface area contributed by atoms with E-state index >= 15 is 0 Å². The van der Waals surface area contributed by atoms with E-state index in [0.29, 0.717) is 33.0 Å². The van der Waals surface area contributed by atoms with E-state index in [2.05, 4.69) is 5.32 Å². The number of carbonyl (C=O) groups excluding carboxylic acids is 1. The van der Waals surface area contributed by atoms with Gasteiger partial charge in [0.05, 0.1) is 29.2 Å². The smallest absolute Gasteiger partial charge is 0.345 e. The molecule has 0 saturated heterocycles. The number of nitrogens with one attached hydrogen (secondary N) is 1. The van der Waals surface area contributed by atoms with E-state index in [4.69, 9.17) is 13.9 Å². The maximum Gasteiger partial charge on any atom is 0.345 e. The minimum Gasteiger partial charge on any atom is -0.493 e. The number of hydrogen-bond acceptors (Lipinski definition) is 6. The molecule has 136 valence electrons. The number of anilines is 1. The van der Waals surface area contributed by atoms with Crippen molar-refractivity contribution in [2.24, 2.45) is 0 Å². The number of fused-ring (bicyclic) bond motifs is 3. The van der Waals surface area contributed by atoms with Crippen LogP contribution >= 0.6 is 11.3 Å². The molecule has 0 aliphatic carbocycles. The van der Waals surface area contributed by atoms with Gasteiger partial charge in [-0.15, -0.1) is 11.3 Å². The minimum atomic E-state index is -0.454. The Labute approximate surface area is 157 Å². The number of para-hydroxylation sites is 1. The van der Waals surface area contributed by atoms with Crippen LogP contribution in [0.3, 0.4) is 0 Å². The lowest BCUT2D eigenvalue weighted by Crippen LogP contribution is -2.10.